The highest BCUT2D eigenvalue weighted by molar-refractivity contribution is 7.00. The number of aromatic nitrogens is 1. The predicted octanol–water partition coefficient (Wildman–Crippen LogP) is 22.5. The van der Waals surface area contributed by atoms with Crippen molar-refractivity contribution in [1.82, 2.24) is 4.57 Å². The van der Waals surface area contributed by atoms with Gasteiger partial charge in [-0.3, -0.25) is 0 Å². The van der Waals surface area contributed by atoms with Crippen LogP contribution < -0.4 is 26.2 Å². The Morgan fingerprint density at radius 2 is 0.823 bits per heavy atom. The zero-order chi connectivity index (χ0) is 63.0. The van der Waals surface area contributed by atoms with E-state index in [0.29, 0.717) is 23.7 Å². The molecule has 3 aromatic heterocycles. The number of hydrogen-bond acceptors (Lipinski definition) is 4. The summed E-state index contributed by atoms with van der Waals surface area (Å²) in [7, 11) is 0. The van der Waals surface area contributed by atoms with Crippen LogP contribution in [0.15, 0.2) is 262 Å². The summed E-state index contributed by atoms with van der Waals surface area (Å²) in [5, 5.41) is 7.23. The number of fused-ring (bicyclic) bond motifs is 13. The fraction of sp³-hybridized carbons (Fsp3) is 0.267. The van der Waals surface area contributed by atoms with Crippen LogP contribution in [0, 0.1) is 23.7 Å². The molecule has 6 unspecified atom stereocenters. The topological polar surface area (TPSA) is 37.7 Å². The van der Waals surface area contributed by atoms with Gasteiger partial charge in [-0.05, 0) is 256 Å². The fourth-order valence-electron chi connectivity index (χ4n) is 19.9. The molecule has 0 fully saturated rings. The molecule has 0 saturated heterocycles. The van der Waals surface area contributed by atoms with E-state index in [-0.39, 0.29) is 18.8 Å². The predicted molar refractivity (Wildman–Crippen MR) is 403 cm³/mol. The van der Waals surface area contributed by atoms with Gasteiger partial charge >= 0.3 is 0 Å². The highest BCUT2D eigenvalue weighted by Gasteiger charge is 2.51. The first-order valence-corrected chi connectivity index (χ1v) is 36.6. The maximum atomic E-state index is 6.68. The van der Waals surface area contributed by atoms with Crippen molar-refractivity contribution in [1.29, 1.82) is 0 Å². The third kappa shape index (κ3) is 9.09. The van der Waals surface area contributed by atoms with Crippen LogP contribution in [0.2, 0.25) is 0 Å². The molecule has 5 nitrogen and oxygen atoms in total. The van der Waals surface area contributed by atoms with E-state index >= 15 is 0 Å². The van der Waals surface area contributed by atoms with Gasteiger partial charge in [-0.2, -0.15) is 0 Å². The maximum Gasteiger partial charge on any atom is 0.252 e. The van der Waals surface area contributed by atoms with Crippen LogP contribution in [0.25, 0.3) is 93.6 Å². The second kappa shape index (κ2) is 23.1. The first kappa shape index (κ1) is 56.8. The lowest BCUT2D eigenvalue weighted by Crippen LogP contribution is -2.65. The summed E-state index contributed by atoms with van der Waals surface area (Å²) in [5.41, 5.74) is 28.7. The largest absolute Gasteiger partial charge is 0.456 e. The van der Waals surface area contributed by atoms with E-state index in [1.165, 1.54) is 158 Å². The Morgan fingerprint density at radius 3 is 1.35 bits per heavy atom. The SMILES string of the molecule is C1=CCC(C2=CCCC(C3=CCCCC3)C2N2c3cc(-c4ccc5oc6ccccc6c5c4)ccc3B3c4ccc(-n5c6ccccc6c6ccccc65)cc4N(C4C(C5CC=CCC5)=CCCC4C4=CCCCC4)c4cc(-c5ccc6oc7ccccc7c6c5)cc2c43)CC1. The van der Waals surface area contributed by atoms with E-state index in [2.05, 4.69) is 245 Å². The van der Waals surface area contributed by atoms with E-state index in [1.807, 2.05) is 0 Å². The first-order valence-electron chi connectivity index (χ1n) is 36.6. The monoisotopic (exact) mass is 1250 g/mol. The molecule has 0 saturated carbocycles. The second-order valence-corrected chi connectivity index (χ2v) is 29.3. The van der Waals surface area contributed by atoms with Crippen molar-refractivity contribution >= 4 is 112 Å². The zero-order valence-corrected chi connectivity index (χ0v) is 54.9. The molecule has 6 heteroatoms. The van der Waals surface area contributed by atoms with E-state index in [0.717, 1.165) is 89.9 Å². The van der Waals surface area contributed by atoms with Gasteiger partial charge in [0.2, 0.25) is 0 Å². The minimum absolute atomic E-state index is 0.0645. The third-order valence-electron chi connectivity index (χ3n) is 24.2. The summed E-state index contributed by atoms with van der Waals surface area (Å²) in [6.45, 7) is -0.0645. The van der Waals surface area contributed by atoms with Crippen molar-refractivity contribution in [3.8, 4) is 27.9 Å². The van der Waals surface area contributed by atoms with Gasteiger partial charge in [-0.25, -0.2) is 0 Å². The molecule has 2 aliphatic heterocycles. The van der Waals surface area contributed by atoms with Gasteiger partial charge in [0.15, 0.2) is 0 Å². The van der Waals surface area contributed by atoms with Crippen molar-refractivity contribution < 1.29 is 8.83 Å². The summed E-state index contributed by atoms with van der Waals surface area (Å²) in [5.74, 6) is 1.65. The van der Waals surface area contributed by atoms with Crippen LogP contribution in [0.5, 0.6) is 0 Å². The molecule has 8 aliphatic rings. The lowest BCUT2D eigenvalue weighted by atomic mass is 9.33. The van der Waals surface area contributed by atoms with E-state index in [1.54, 1.807) is 22.3 Å². The van der Waals surface area contributed by atoms with Crippen molar-refractivity contribution in [2.24, 2.45) is 23.7 Å². The Bertz CT molecular complexity index is 5310. The highest BCUT2D eigenvalue weighted by atomic mass is 16.3. The first-order chi connectivity index (χ1) is 47.6. The van der Waals surface area contributed by atoms with Crippen molar-refractivity contribution in [3.63, 3.8) is 0 Å². The molecular weight excluding hydrogens is 1170 g/mol. The van der Waals surface area contributed by atoms with Crippen LogP contribution in [-0.2, 0) is 0 Å². The van der Waals surface area contributed by atoms with Crippen molar-refractivity contribution in [2.45, 2.75) is 128 Å². The molecule has 0 N–H and O–H groups in total. The molecule has 0 bridgehead atoms. The van der Waals surface area contributed by atoms with E-state index in [9.17, 15) is 0 Å². The molecule has 9 aromatic carbocycles. The Labute approximate surface area is 563 Å². The fourth-order valence-corrected chi connectivity index (χ4v) is 19.9. The summed E-state index contributed by atoms with van der Waals surface area (Å²) in [6.07, 6.45) is 42.0. The molecule has 5 heterocycles. The van der Waals surface area contributed by atoms with Crippen LogP contribution >= 0.6 is 0 Å². The van der Waals surface area contributed by atoms with Gasteiger partial charge in [0, 0.05) is 72.6 Å². The maximum absolute atomic E-state index is 6.68. The molecule has 0 spiro atoms. The lowest BCUT2D eigenvalue weighted by Gasteiger charge is -2.53. The van der Waals surface area contributed by atoms with Gasteiger partial charge in [-0.1, -0.05) is 163 Å². The Balaban J connectivity index is 0.914. The molecule has 6 atom stereocenters. The molecule has 12 aromatic rings. The summed E-state index contributed by atoms with van der Waals surface area (Å²) < 4.78 is 15.8. The van der Waals surface area contributed by atoms with Crippen LogP contribution in [0.1, 0.15) is 116 Å². The Morgan fingerprint density at radius 1 is 0.354 bits per heavy atom. The molecule has 96 heavy (non-hydrogen) atoms. The third-order valence-corrected chi connectivity index (χ3v) is 24.2. The number of nitrogens with zero attached hydrogens (tertiary/aromatic N) is 3. The van der Waals surface area contributed by atoms with Gasteiger partial charge < -0.3 is 23.2 Å². The average Bonchev–Trinajstić information content (AvgIpc) is 0.861. The minimum atomic E-state index is -0.0645. The smallest absolute Gasteiger partial charge is 0.252 e. The summed E-state index contributed by atoms with van der Waals surface area (Å²) in [4.78, 5) is 6.06. The number of hydrogen-bond donors (Lipinski definition) is 0. The molecule has 0 amide bonds. The number of para-hydroxylation sites is 4. The molecule has 6 aliphatic carbocycles. The minimum Gasteiger partial charge on any atom is -0.456 e. The van der Waals surface area contributed by atoms with Gasteiger partial charge in [0.1, 0.15) is 22.3 Å². The number of allylic oxidation sites excluding steroid dienone is 8. The van der Waals surface area contributed by atoms with Gasteiger partial charge in [0.05, 0.1) is 23.1 Å². The number of furan rings is 2. The summed E-state index contributed by atoms with van der Waals surface area (Å²) in [6, 6.07) is 70.6. The zero-order valence-electron chi connectivity index (χ0n) is 54.9. The summed E-state index contributed by atoms with van der Waals surface area (Å²) >= 11 is 0. The molecule has 0 radical (unpaired) electrons. The Hall–Kier alpha value is -9.52. The number of anilines is 4. The Kier molecular flexibility index (Phi) is 13.7. The van der Waals surface area contributed by atoms with Crippen LogP contribution in [-0.4, -0.2) is 23.4 Å². The molecule has 470 valence electrons. The number of rotatable bonds is 9. The standard InChI is InChI=1S/C90H80BN3O2/c1-5-23-57(24-6-1)66-35-21-36-67(58-25-7-2-8-26-58)89(66)93-80-53-63(61-44-49-86-74(51-61)72-33-15-19-41-84(72)95-86)43-47-76(80)91-77-48-46-65(92-78-39-17-13-31-70(78)71-32-14-18-40-79(71)92)56-81(77)94(90-68(59-27-9-3-10-28-59)37-22-38-69(90)60-29-11-4-12-30-60)83-55-64(54-82(93)88(83)91)62-45-50-87-75(52-62)73-34-16-20-42-85(73)96-87/h1,3,5,9,13-20,25,29,31-35,37,39-57,59,67,69,89-90H,2,4,6-8,10-12,21-24,26-28,30,36,38H2. The molecule has 20 rings (SSSR count). The van der Waals surface area contributed by atoms with Crippen LogP contribution in [0.3, 0.4) is 0 Å². The van der Waals surface area contributed by atoms with E-state index in [4.69, 9.17) is 8.83 Å². The molecular formula is C90H80BN3O2. The van der Waals surface area contributed by atoms with Crippen molar-refractivity contribution in [2.75, 3.05) is 9.80 Å². The van der Waals surface area contributed by atoms with Crippen LogP contribution in [0.4, 0.5) is 22.7 Å². The quantitative estimate of drug-likeness (QED) is 0.107. The second-order valence-electron chi connectivity index (χ2n) is 29.3. The normalized spacial score (nSPS) is 22.6. The lowest BCUT2D eigenvalue weighted by molar-refractivity contribution is 0.391. The number of benzene rings is 9. The average molecular weight is 1250 g/mol. The van der Waals surface area contributed by atoms with E-state index < -0.39 is 0 Å². The highest BCUT2D eigenvalue weighted by Crippen LogP contribution is 2.54. The van der Waals surface area contributed by atoms with Gasteiger partial charge in [0.25, 0.3) is 6.71 Å². The van der Waals surface area contributed by atoms with Gasteiger partial charge in [-0.15, -0.1) is 0 Å². The van der Waals surface area contributed by atoms with Crippen molar-refractivity contribution in [3.05, 3.63) is 253 Å².